The fourth-order valence-corrected chi connectivity index (χ4v) is 4.20. The van der Waals surface area contributed by atoms with Gasteiger partial charge in [-0.3, -0.25) is 9.59 Å². The minimum atomic E-state index is -0.693. The molecule has 1 unspecified atom stereocenters. The standard InChI is InChI=1S/C27H25NO4/c1-3-15-28-24(19-11-7-12-20(17-19)32-16-4-2)23(26(30)27(28)31)25(29)22-14-8-10-18-9-5-6-13-21(18)22/h4-14,17,24,29H,2-3,15-16H2,1H3/b25-23-. The summed E-state index contributed by atoms with van der Waals surface area (Å²) < 4.78 is 5.66. The predicted molar refractivity (Wildman–Crippen MR) is 125 cm³/mol. The molecule has 1 fully saturated rings. The van der Waals surface area contributed by atoms with Crippen molar-refractivity contribution in [1.82, 2.24) is 4.90 Å². The number of aliphatic hydroxyl groups excluding tert-OH is 1. The van der Waals surface area contributed by atoms with Crippen LogP contribution in [0.4, 0.5) is 0 Å². The minimum Gasteiger partial charge on any atom is -0.507 e. The van der Waals surface area contributed by atoms with Gasteiger partial charge in [-0.05, 0) is 34.9 Å². The predicted octanol–water partition coefficient (Wildman–Crippen LogP) is 5.24. The van der Waals surface area contributed by atoms with Crippen LogP contribution in [0.15, 0.2) is 85.0 Å². The summed E-state index contributed by atoms with van der Waals surface area (Å²) in [5.74, 6) is -0.835. The van der Waals surface area contributed by atoms with E-state index >= 15 is 0 Å². The van der Waals surface area contributed by atoms with Crippen molar-refractivity contribution in [1.29, 1.82) is 0 Å². The van der Waals surface area contributed by atoms with Crippen LogP contribution in [0, 0.1) is 0 Å². The first-order valence-corrected chi connectivity index (χ1v) is 10.7. The van der Waals surface area contributed by atoms with Crippen LogP contribution in [0.3, 0.4) is 0 Å². The summed E-state index contributed by atoms with van der Waals surface area (Å²) >= 11 is 0. The second-order valence-corrected chi connectivity index (χ2v) is 7.69. The first-order valence-electron chi connectivity index (χ1n) is 10.7. The van der Waals surface area contributed by atoms with Crippen molar-refractivity contribution < 1.29 is 19.4 Å². The van der Waals surface area contributed by atoms with Gasteiger partial charge in [0, 0.05) is 12.1 Å². The molecule has 4 rings (SSSR count). The Hall–Kier alpha value is -3.86. The van der Waals surface area contributed by atoms with Crippen LogP contribution in [0.25, 0.3) is 16.5 Å². The van der Waals surface area contributed by atoms with Gasteiger partial charge in [0.25, 0.3) is 11.7 Å². The highest BCUT2D eigenvalue weighted by Gasteiger charge is 2.45. The zero-order valence-corrected chi connectivity index (χ0v) is 18.0. The molecule has 1 N–H and O–H groups in total. The summed E-state index contributed by atoms with van der Waals surface area (Å²) in [4.78, 5) is 27.6. The van der Waals surface area contributed by atoms with Gasteiger partial charge in [0.05, 0.1) is 11.6 Å². The lowest BCUT2D eigenvalue weighted by Gasteiger charge is -2.25. The molecule has 1 heterocycles. The lowest BCUT2D eigenvalue weighted by atomic mass is 9.93. The molecule has 1 aliphatic heterocycles. The van der Waals surface area contributed by atoms with E-state index in [1.165, 1.54) is 4.90 Å². The molecule has 0 bridgehead atoms. The summed E-state index contributed by atoms with van der Waals surface area (Å²) in [6.45, 7) is 6.36. The fraction of sp³-hybridized carbons (Fsp3) is 0.185. The maximum absolute atomic E-state index is 13.1. The molecular weight excluding hydrogens is 402 g/mol. The van der Waals surface area contributed by atoms with Crippen LogP contribution in [-0.4, -0.2) is 34.8 Å². The van der Waals surface area contributed by atoms with Crippen molar-refractivity contribution >= 4 is 28.2 Å². The van der Waals surface area contributed by atoms with E-state index in [0.29, 0.717) is 36.4 Å². The number of carbonyl (C=O) groups is 2. The van der Waals surface area contributed by atoms with Crippen LogP contribution in [-0.2, 0) is 9.59 Å². The zero-order chi connectivity index (χ0) is 22.7. The Morgan fingerprint density at radius 1 is 1.09 bits per heavy atom. The molecule has 0 saturated carbocycles. The monoisotopic (exact) mass is 427 g/mol. The molecule has 0 radical (unpaired) electrons. The van der Waals surface area contributed by atoms with Gasteiger partial charge in [-0.1, -0.05) is 74.2 Å². The number of benzene rings is 3. The van der Waals surface area contributed by atoms with E-state index in [1.54, 1.807) is 18.2 Å². The molecular formula is C27H25NO4. The lowest BCUT2D eigenvalue weighted by molar-refractivity contribution is -0.139. The number of aliphatic hydroxyl groups is 1. The second kappa shape index (κ2) is 9.10. The van der Waals surface area contributed by atoms with Crippen molar-refractivity contribution in [3.8, 4) is 5.75 Å². The zero-order valence-electron chi connectivity index (χ0n) is 18.0. The van der Waals surface area contributed by atoms with Gasteiger partial charge >= 0.3 is 0 Å². The Labute approximate surface area is 187 Å². The van der Waals surface area contributed by atoms with Crippen molar-refractivity contribution in [3.63, 3.8) is 0 Å². The van der Waals surface area contributed by atoms with Gasteiger partial charge in [-0.2, -0.15) is 0 Å². The average Bonchev–Trinajstić information content (AvgIpc) is 3.07. The summed E-state index contributed by atoms with van der Waals surface area (Å²) in [6.07, 6.45) is 2.33. The number of amides is 1. The summed E-state index contributed by atoms with van der Waals surface area (Å²) in [7, 11) is 0. The van der Waals surface area contributed by atoms with E-state index in [9.17, 15) is 14.7 Å². The van der Waals surface area contributed by atoms with Gasteiger partial charge in [-0.25, -0.2) is 0 Å². The van der Waals surface area contributed by atoms with E-state index < -0.39 is 17.7 Å². The van der Waals surface area contributed by atoms with E-state index in [-0.39, 0.29) is 11.3 Å². The third-order valence-corrected chi connectivity index (χ3v) is 5.59. The van der Waals surface area contributed by atoms with Gasteiger partial charge in [0.1, 0.15) is 18.1 Å². The largest absolute Gasteiger partial charge is 0.507 e. The Balaban J connectivity index is 1.91. The maximum Gasteiger partial charge on any atom is 0.295 e. The van der Waals surface area contributed by atoms with E-state index in [2.05, 4.69) is 6.58 Å². The van der Waals surface area contributed by atoms with Crippen LogP contribution in [0.1, 0.15) is 30.5 Å². The molecule has 5 nitrogen and oxygen atoms in total. The van der Waals surface area contributed by atoms with E-state index in [1.807, 2.05) is 61.5 Å². The molecule has 0 spiro atoms. The molecule has 1 aliphatic rings. The highest BCUT2D eigenvalue weighted by Crippen LogP contribution is 2.41. The van der Waals surface area contributed by atoms with Crippen LogP contribution in [0.2, 0.25) is 0 Å². The van der Waals surface area contributed by atoms with E-state index in [4.69, 9.17) is 4.74 Å². The van der Waals surface area contributed by atoms with Crippen molar-refractivity contribution in [2.24, 2.45) is 0 Å². The number of ether oxygens (including phenoxy) is 1. The highest BCUT2D eigenvalue weighted by molar-refractivity contribution is 6.46. The topological polar surface area (TPSA) is 66.8 Å². The molecule has 0 aliphatic carbocycles. The Bertz CT molecular complexity index is 1220. The van der Waals surface area contributed by atoms with Crippen LogP contribution < -0.4 is 4.74 Å². The smallest absolute Gasteiger partial charge is 0.295 e. The molecule has 0 aromatic heterocycles. The minimum absolute atomic E-state index is 0.0978. The number of likely N-dealkylation sites (tertiary alicyclic amines) is 1. The van der Waals surface area contributed by atoms with E-state index in [0.717, 1.165) is 10.8 Å². The lowest BCUT2D eigenvalue weighted by Crippen LogP contribution is -2.30. The number of hydrogen-bond donors (Lipinski definition) is 1. The summed E-state index contributed by atoms with van der Waals surface area (Å²) in [5.41, 5.74) is 1.34. The van der Waals surface area contributed by atoms with Crippen molar-refractivity contribution in [2.75, 3.05) is 13.2 Å². The van der Waals surface area contributed by atoms with Gasteiger partial charge in [0.15, 0.2) is 0 Å². The third-order valence-electron chi connectivity index (χ3n) is 5.59. The number of rotatable bonds is 7. The van der Waals surface area contributed by atoms with Crippen molar-refractivity contribution in [2.45, 2.75) is 19.4 Å². The molecule has 162 valence electrons. The number of nitrogens with zero attached hydrogens (tertiary/aromatic N) is 1. The SMILES string of the molecule is C=CCOc1cccc(C2/C(=C(/O)c3cccc4ccccc34)C(=O)C(=O)N2CCC)c1. The van der Waals surface area contributed by atoms with Crippen molar-refractivity contribution in [3.05, 3.63) is 96.1 Å². The quantitative estimate of drug-likeness (QED) is 0.242. The number of Topliss-reactive ketones (excluding diaryl/α,β-unsaturated/α-hetero) is 1. The normalized spacial score (nSPS) is 17.7. The highest BCUT2D eigenvalue weighted by atomic mass is 16.5. The third kappa shape index (κ3) is 3.78. The second-order valence-electron chi connectivity index (χ2n) is 7.69. The average molecular weight is 428 g/mol. The number of hydrogen-bond acceptors (Lipinski definition) is 4. The first-order chi connectivity index (χ1) is 15.6. The molecule has 3 aromatic rings. The molecule has 1 atom stereocenters. The van der Waals surface area contributed by atoms with Gasteiger partial charge in [-0.15, -0.1) is 0 Å². The number of ketones is 1. The number of fused-ring (bicyclic) bond motifs is 1. The van der Waals surface area contributed by atoms with Gasteiger partial charge < -0.3 is 14.7 Å². The Morgan fingerprint density at radius 3 is 2.62 bits per heavy atom. The molecule has 32 heavy (non-hydrogen) atoms. The molecule has 1 amide bonds. The number of carbonyl (C=O) groups excluding carboxylic acids is 2. The first kappa shape index (κ1) is 21.4. The molecule has 3 aromatic carbocycles. The maximum atomic E-state index is 13.1. The fourth-order valence-electron chi connectivity index (χ4n) is 4.20. The Kier molecular flexibility index (Phi) is 6.08. The Morgan fingerprint density at radius 2 is 1.84 bits per heavy atom. The van der Waals surface area contributed by atoms with Gasteiger partial charge in [0.2, 0.25) is 0 Å². The summed E-state index contributed by atoms with van der Waals surface area (Å²) in [5, 5.41) is 13.1. The molecule has 1 saturated heterocycles. The van der Waals surface area contributed by atoms with Crippen LogP contribution >= 0.6 is 0 Å². The van der Waals surface area contributed by atoms with Crippen LogP contribution in [0.5, 0.6) is 5.75 Å². The summed E-state index contributed by atoms with van der Waals surface area (Å²) in [6, 6.07) is 19.8. The molecule has 5 heteroatoms.